The number of esters is 1. The summed E-state index contributed by atoms with van der Waals surface area (Å²) in [7, 11) is 0. The van der Waals surface area contributed by atoms with Crippen LogP contribution in [0, 0.1) is 12.8 Å². The standard InChI is InChI=1S/C15H21NO3.C8H7F3O/c1-11-7-13(8-12-5-3-2-4-6-12)9-18-10-14(16)15(17)19-11;1-6-2-4-7(5-3-6)12-8(9,10)11/h2-6,11,13-14H,7-10,16H2,1H3;2-5H,1H3/t11?,13?,14-;/m0./s1. The third-order valence-electron chi connectivity index (χ3n) is 4.56. The molecule has 0 saturated carbocycles. The summed E-state index contributed by atoms with van der Waals surface area (Å²) in [5, 5.41) is 0. The average molecular weight is 439 g/mol. The van der Waals surface area contributed by atoms with Crippen LogP contribution in [0.1, 0.15) is 24.5 Å². The minimum atomic E-state index is -4.60. The Labute approximate surface area is 180 Å². The molecule has 3 rings (SSSR count). The lowest BCUT2D eigenvalue weighted by Crippen LogP contribution is -2.37. The summed E-state index contributed by atoms with van der Waals surface area (Å²) in [6.45, 7) is 4.55. The van der Waals surface area contributed by atoms with E-state index in [1.165, 1.54) is 17.7 Å². The molecule has 0 amide bonds. The fraction of sp³-hybridized carbons (Fsp3) is 0.435. The van der Waals surface area contributed by atoms with E-state index in [4.69, 9.17) is 15.2 Å². The predicted octanol–water partition coefficient (Wildman–Crippen LogP) is 4.42. The lowest BCUT2D eigenvalue weighted by Gasteiger charge is -2.19. The van der Waals surface area contributed by atoms with E-state index < -0.39 is 12.4 Å². The number of hydrogen-bond acceptors (Lipinski definition) is 5. The van der Waals surface area contributed by atoms with Crippen molar-refractivity contribution >= 4 is 5.97 Å². The first kappa shape index (κ1) is 24.7. The highest BCUT2D eigenvalue weighted by Crippen LogP contribution is 2.22. The van der Waals surface area contributed by atoms with E-state index in [1.54, 1.807) is 19.1 Å². The zero-order valence-electron chi connectivity index (χ0n) is 17.6. The van der Waals surface area contributed by atoms with Crippen molar-refractivity contribution in [2.75, 3.05) is 13.2 Å². The number of cyclic esters (lactones) is 1. The van der Waals surface area contributed by atoms with Crippen molar-refractivity contribution < 1.29 is 32.2 Å². The largest absolute Gasteiger partial charge is 0.573 e. The number of alkyl halides is 3. The second kappa shape index (κ2) is 11.7. The Hall–Kier alpha value is -2.58. The van der Waals surface area contributed by atoms with Crippen LogP contribution in [0.15, 0.2) is 54.6 Å². The SMILES string of the molecule is CC1CC(Cc2ccccc2)COC[C@H](N)C(=O)O1.Cc1ccc(OC(F)(F)F)cc1. The van der Waals surface area contributed by atoms with Crippen molar-refractivity contribution in [2.45, 2.75) is 45.2 Å². The molecule has 0 aromatic heterocycles. The molecule has 1 fully saturated rings. The summed E-state index contributed by atoms with van der Waals surface area (Å²) in [6, 6.07) is 15.3. The Morgan fingerprint density at radius 3 is 2.32 bits per heavy atom. The summed E-state index contributed by atoms with van der Waals surface area (Å²) in [5.74, 6) is -0.212. The van der Waals surface area contributed by atoms with Gasteiger partial charge in [-0.15, -0.1) is 13.2 Å². The van der Waals surface area contributed by atoms with Crippen LogP contribution < -0.4 is 10.5 Å². The molecule has 0 bridgehead atoms. The highest BCUT2D eigenvalue weighted by atomic mass is 19.4. The number of halogens is 3. The zero-order chi connectivity index (χ0) is 22.9. The average Bonchev–Trinajstić information content (AvgIpc) is 2.74. The minimum absolute atomic E-state index is 0.117. The van der Waals surface area contributed by atoms with Crippen LogP contribution in [-0.2, 0) is 20.7 Å². The third kappa shape index (κ3) is 9.85. The normalized spacial score (nSPS) is 22.1. The molecule has 2 aromatic rings. The van der Waals surface area contributed by atoms with Gasteiger partial charge in [-0.1, -0.05) is 48.0 Å². The van der Waals surface area contributed by atoms with E-state index in [0.29, 0.717) is 12.5 Å². The van der Waals surface area contributed by atoms with E-state index in [2.05, 4.69) is 16.9 Å². The van der Waals surface area contributed by atoms with E-state index >= 15 is 0 Å². The second-order valence-electron chi connectivity index (χ2n) is 7.54. The van der Waals surface area contributed by atoms with Gasteiger partial charge >= 0.3 is 12.3 Å². The zero-order valence-corrected chi connectivity index (χ0v) is 17.6. The Morgan fingerprint density at radius 2 is 1.71 bits per heavy atom. The molecule has 5 nitrogen and oxygen atoms in total. The fourth-order valence-corrected chi connectivity index (χ4v) is 3.13. The summed E-state index contributed by atoms with van der Waals surface area (Å²) >= 11 is 0. The third-order valence-corrected chi connectivity index (χ3v) is 4.56. The summed E-state index contributed by atoms with van der Waals surface area (Å²) in [4.78, 5) is 11.6. The van der Waals surface area contributed by atoms with Crippen LogP contribution in [0.25, 0.3) is 0 Å². The Morgan fingerprint density at radius 1 is 1.06 bits per heavy atom. The first-order valence-electron chi connectivity index (χ1n) is 10.0. The van der Waals surface area contributed by atoms with Crippen molar-refractivity contribution in [2.24, 2.45) is 11.7 Å². The lowest BCUT2D eigenvalue weighted by atomic mass is 9.95. The van der Waals surface area contributed by atoms with Crippen molar-refractivity contribution in [3.05, 3.63) is 65.7 Å². The molecule has 1 saturated heterocycles. The molecule has 0 aliphatic carbocycles. The van der Waals surface area contributed by atoms with E-state index in [1.807, 2.05) is 25.1 Å². The predicted molar refractivity (Wildman–Crippen MR) is 110 cm³/mol. The summed E-state index contributed by atoms with van der Waals surface area (Å²) in [6.07, 6.45) is -2.99. The van der Waals surface area contributed by atoms with Gasteiger partial charge in [0.1, 0.15) is 11.8 Å². The van der Waals surface area contributed by atoms with Gasteiger partial charge in [-0.2, -0.15) is 0 Å². The molecule has 1 aliphatic rings. The van der Waals surface area contributed by atoms with Crippen LogP contribution in [0.4, 0.5) is 13.2 Å². The number of carbonyl (C=O) groups is 1. The Kier molecular flexibility index (Phi) is 9.33. The van der Waals surface area contributed by atoms with Crippen LogP contribution in [-0.4, -0.2) is 37.7 Å². The highest BCUT2D eigenvalue weighted by Gasteiger charge is 2.30. The van der Waals surface area contributed by atoms with Gasteiger partial charge in [0.2, 0.25) is 0 Å². The number of rotatable bonds is 3. The van der Waals surface area contributed by atoms with E-state index in [0.717, 1.165) is 18.4 Å². The molecule has 0 spiro atoms. The maximum Gasteiger partial charge on any atom is 0.573 e. The van der Waals surface area contributed by atoms with Crippen LogP contribution >= 0.6 is 0 Å². The van der Waals surface area contributed by atoms with E-state index in [9.17, 15) is 18.0 Å². The van der Waals surface area contributed by atoms with Gasteiger partial charge in [-0.05, 0) is 50.3 Å². The number of hydrogen-bond donors (Lipinski definition) is 1. The monoisotopic (exact) mass is 439 g/mol. The first-order chi connectivity index (χ1) is 14.6. The smallest absolute Gasteiger partial charge is 0.461 e. The molecule has 1 heterocycles. The second-order valence-corrected chi connectivity index (χ2v) is 7.54. The molecule has 1 aliphatic heterocycles. The molecular weight excluding hydrogens is 411 g/mol. The molecule has 2 aromatic carbocycles. The fourth-order valence-electron chi connectivity index (χ4n) is 3.13. The van der Waals surface area contributed by atoms with Crippen LogP contribution in [0.3, 0.4) is 0 Å². The van der Waals surface area contributed by atoms with Gasteiger partial charge in [0.15, 0.2) is 0 Å². The number of carbonyl (C=O) groups excluding carboxylic acids is 1. The Balaban J connectivity index is 0.000000245. The van der Waals surface area contributed by atoms with Crippen molar-refractivity contribution in [1.82, 2.24) is 0 Å². The minimum Gasteiger partial charge on any atom is -0.461 e. The topological polar surface area (TPSA) is 70.8 Å². The molecule has 2 N–H and O–H groups in total. The van der Waals surface area contributed by atoms with Gasteiger partial charge in [0, 0.05) is 6.61 Å². The number of nitrogens with two attached hydrogens (primary N) is 1. The Bertz CT molecular complexity index is 797. The van der Waals surface area contributed by atoms with E-state index in [-0.39, 0.29) is 24.4 Å². The lowest BCUT2D eigenvalue weighted by molar-refractivity contribution is -0.274. The van der Waals surface area contributed by atoms with Crippen LogP contribution in [0.2, 0.25) is 0 Å². The first-order valence-corrected chi connectivity index (χ1v) is 10.0. The maximum absolute atomic E-state index is 11.6. The molecule has 31 heavy (non-hydrogen) atoms. The molecular formula is C23H28F3NO4. The van der Waals surface area contributed by atoms with Gasteiger partial charge in [-0.25, -0.2) is 0 Å². The van der Waals surface area contributed by atoms with Crippen molar-refractivity contribution in [1.29, 1.82) is 0 Å². The molecule has 0 radical (unpaired) electrons. The number of aryl methyl sites for hydroxylation is 1. The van der Waals surface area contributed by atoms with Crippen molar-refractivity contribution in [3.8, 4) is 5.75 Å². The summed E-state index contributed by atoms with van der Waals surface area (Å²) < 4.78 is 49.4. The van der Waals surface area contributed by atoms with Gasteiger partial charge in [-0.3, -0.25) is 4.79 Å². The van der Waals surface area contributed by atoms with Crippen LogP contribution in [0.5, 0.6) is 5.75 Å². The molecule has 8 heteroatoms. The van der Waals surface area contributed by atoms with Crippen molar-refractivity contribution in [3.63, 3.8) is 0 Å². The van der Waals surface area contributed by atoms with Gasteiger partial charge in [0.25, 0.3) is 0 Å². The highest BCUT2D eigenvalue weighted by molar-refractivity contribution is 5.75. The number of ether oxygens (including phenoxy) is 3. The quantitative estimate of drug-likeness (QED) is 0.717. The van der Waals surface area contributed by atoms with Gasteiger partial charge < -0.3 is 19.9 Å². The molecule has 3 atom stereocenters. The van der Waals surface area contributed by atoms with Gasteiger partial charge in [0.05, 0.1) is 12.7 Å². The maximum atomic E-state index is 11.6. The molecule has 170 valence electrons. The molecule has 2 unspecified atom stereocenters. The summed E-state index contributed by atoms with van der Waals surface area (Å²) in [5.41, 5.74) is 7.85. The number of benzene rings is 2.